The maximum absolute atomic E-state index is 12.4. The molecule has 9 nitrogen and oxygen atoms in total. The first-order valence-corrected chi connectivity index (χ1v) is 13.0. The highest BCUT2D eigenvalue weighted by atomic mass is 16.7. The number of oxime groups is 2. The molecular formula is C29H35N3O6. The van der Waals surface area contributed by atoms with Crippen LogP contribution >= 0.6 is 0 Å². The van der Waals surface area contributed by atoms with Crippen molar-refractivity contribution < 1.29 is 24.2 Å². The summed E-state index contributed by atoms with van der Waals surface area (Å²) in [6.45, 7) is 10.2. The zero-order valence-electron chi connectivity index (χ0n) is 22.9. The quantitative estimate of drug-likeness (QED) is 0.138. The van der Waals surface area contributed by atoms with Gasteiger partial charge in [0.2, 0.25) is 0 Å². The highest BCUT2D eigenvalue weighted by Crippen LogP contribution is 2.57. The zero-order chi connectivity index (χ0) is 28.0. The number of carbonyl (C=O) groups is 2. The van der Waals surface area contributed by atoms with Gasteiger partial charge in [-0.15, -0.1) is 0 Å². The number of unbranched alkanes of at least 4 members (excludes halogenated alkanes) is 2. The van der Waals surface area contributed by atoms with Crippen molar-refractivity contribution in [2.75, 3.05) is 0 Å². The number of rotatable bonds is 11. The van der Waals surface area contributed by atoms with Crippen LogP contribution in [0.2, 0.25) is 0 Å². The molecule has 3 rings (SSSR count). The Balaban J connectivity index is 2.35. The molecule has 0 atom stereocenters. The second kappa shape index (κ2) is 12.1. The van der Waals surface area contributed by atoms with Gasteiger partial charge in [-0.05, 0) is 61.1 Å². The molecule has 0 bridgehead atoms. The van der Waals surface area contributed by atoms with Crippen LogP contribution in [0.25, 0.3) is 11.1 Å². The molecule has 0 radical (unpaired) electrons. The normalized spacial score (nSPS) is 14.1. The number of carbonyl (C=O) groups excluding carboxylic acids is 2. The van der Waals surface area contributed by atoms with Gasteiger partial charge in [0.05, 0.1) is 21.9 Å². The van der Waals surface area contributed by atoms with Crippen LogP contribution in [0.15, 0.2) is 40.6 Å². The molecule has 0 spiro atoms. The molecule has 2 aromatic rings. The molecule has 0 N–H and O–H groups in total. The molecular weight excluding hydrogens is 486 g/mol. The third-order valence-electron chi connectivity index (χ3n) is 7.01. The molecule has 0 fully saturated rings. The molecule has 0 aliphatic heterocycles. The van der Waals surface area contributed by atoms with E-state index in [4.69, 9.17) is 9.68 Å². The number of hydrogen-bond acceptors (Lipinski definition) is 8. The summed E-state index contributed by atoms with van der Waals surface area (Å²) >= 11 is 0. The zero-order valence-corrected chi connectivity index (χ0v) is 22.9. The largest absolute Gasteiger partial charge is 0.331 e. The maximum Gasteiger partial charge on any atom is 0.331 e. The van der Waals surface area contributed by atoms with Crippen LogP contribution < -0.4 is 0 Å². The Morgan fingerprint density at radius 1 is 0.842 bits per heavy atom. The fraction of sp³-hybridized carbons (Fsp3) is 0.448. The highest BCUT2D eigenvalue weighted by molar-refractivity contribution is 6.03. The highest BCUT2D eigenvalue weighted by Gasteiger charge is 2.45. The molecule has 0 saturated carbocycles. The van der Waals surface area contributed by atoms with E-state index in [0.29, 0.717) is 22.6 Å². The molecule has 0 heterocycles. The molecule has 38 heavy (non-hydrogen) atoms. The van der Waals surface area contributed by atoms with E-state index in [1.54, 1.807) is 13.8 Å². The summed E-state index contributed by atoms with van der Waals surface area (Å²) in [5.74, 6) is -1.07. The second-order valence-electron chi connectivity index (χ2n) is 9.74. The number of nitro benzene ring substituents is 1. The Labute approximate surface area is 223 Å². The molecule has 2 aromatic carbocycles. The summed E-state index contributed by atoms with van der Waals surface area (Å²) in [4.78, 5) is 44.3. The average molecular weight is 522 g/mol. The first kappa shape index (κ1) is 28.7. The lowest BCUT2D eigenvalue weighted by Gasteiger charge is -2.33. The van der Waals surface area contributed by atoms with Crippen molar-refractivity contribution >= 4 is 29.0 Å². The number of nitro groups is 1. The topological polar surface area (TPSA) is 120 Å². The standard InChI is InChI=1S/C29H35N3O6/c1-7-9-13-29(14-10-8-2)25-15-22(18(3)30-37-20(5)33)11-12-24(25)28-26(29)16-23(17-27(28)32(35)36)19(4)31-38-21(6)34/h11-12,15-17H,7-10,13-14H2,1-6H3/b30-18+,31-19+. The number of benzene rings is 2. The predicted octanol–water partition coefficient (Wildman–Crippen LogP) is 6.82. The van der Waals surface area contributed by atoms with Gasteiger partial charge in [-0.2, -0.15) is 0 Å². The van der Waals surface area contributed by atoms with Crippen molar-refractivity contribution in [1.29, 1.82) is 0 Å². The van der Waals surface area contributed by atoms with Gasteiger partial charge in [0.15, 0.2) is 0 Å². The Kier molecular flexibility index (Phi) is 9.14. The average Bonchev–Trinajstić information content (AvgIpc) is 3.16. The van der Waals surface area contributed by atoms with Crippen LogP contribution in [0.1, 0.15) is 102 Å². The number of fused-ring (bicyclic) bond motifs is 3. The van der Waals surface area contributed by atoms with Crippen LogP contribution in [0.5, 0.6) is 0 Å². The monoisotopic (exact) mass is 521 g/mol. The molecule has 1 aliphatic rings. The fourth-order valence-corrected chi connectivity index (χ4v) is 5.16. The summed E-state index contributed by atoms with van der Waals surface area (Å²) in [6, 6.07) is 9.26. The first-order valence-electron chi connectivity index (χ1n) is 13.0. The number of nitrogens with zero attached hydrogens (tertiary/aromatic N) is 3. The molecule has 0 amide bonds. The lowest BCUT2D eigenvalue weighted by atomic mass is 9.70. The Hall–Kier alpha value is -3.88. The Bertz CT molecular complexity index is 1300. The Morgan fingerprint density at radius 2 is 1.37 bits per heavy atom. The van der Waals surface area contributed by atoms with E-state index < -0.39 is 17.4 Å². The van der Waals surface area contributed by atoms with Gasteiger partial charge in [0.1, 0.15) is 0 Å². The lowest BCUT2D eigenvalue weighted by Crippen LogP contribution is -2.26. The van der Waals surface area contributed by atoms with Gasteiger partial charge in [0, 0.05) is 30.9 Å². The van der Waals surface area contributed by atoms with E-state index in [0.717, 1.165) is 60.8 Å². The molecule has 0 unspecified atom stereocenters. The van der Waals surface area contributed by atoms with E-state index >= 15 is 0 Å². The minimum atomic E-state index is -0.564. The summed E-state index contributed by atoms with van der Waals surface area (Å²) in [7, 11) is 0. The summed E-state index contributed by atoms with van der Waals surface area (Å²) < 4.78 is 0. The molecule has 1 aliphatic carbocycles. The van der Waals surface area contributed by atoms with E-state index in [2.05, 4.69) is 24.2 Å². The van der Waals surface area contributed by atoms with Gasteiger partial charge in [-0.3, -0.25) is 10.1 Å². The summed E-state index contributed by atoms with van der Waals surface area (Å²) in [5, 5.41) is 20.2. The smallest absolute Gasteiger partial charge is 0.318 e. The van der Waals surface area contributed by atoms with Crippen LogP contribution in [-0.2, 0) is 24.7 Å². The van der Waals surface area contributed by atoms with Crippen molar-refractivity contribution in [3.8, 4) is 11.1 Å². The molecule has 0 saturated heterocycles. The fourth-order valence-electron chi connectivity index (χ4n) is 5.16. The molecule has 9 heteroatoms. The Morgan fingerprint density at radius 3 is 1.87 bits per heavy atom. The molecule has 0 aromatic heterocycles. The van der Waals surface area contributed by atoms with E-state index in [9.17, 15) is 19.7 Å². The van der Waals surface area contributed by atoms with Crippen molar-refractivity contribution in [3.63, 3.8) is 0 Å². The van der Waals surface area contributed by atoms with Crippen LogP contribution in [0.3, 0.4) is 0 Å². The second-order valence-corrected chi connectivity index (χ2v) is 9.74. The SMILES string of the molecule is CCCCC1(CCCC)c2cc(/C(C)=N/OC(C)=O)ccc2-c2c([N+](=O)[O-])cc(/C(C)=N/OC(C)=O)cc21. The van der Waals surface area contributed by atoms with Crippen molar-refractivity contribution in [2.24, 2.45) is 10.3 Å². The summed E-state index contributed by atoms with van der Waals surface area (Å²) in [6.07, 6.45) is 5.44. The first-order chi connectivity index (χ1) is 18.0. The van der Waals surface area contributed by atoms with Gasteiger partial charge in [-0.1, -0.05) is 62.0 Å². The van der Waals surface area contributed by atoms with Crippen molar-refractivity contribution in [2.45, 2.75) is 85.5 Å². The molecule has 202 valence electrons. The number of hydrogen-bond donors (Lipinski definition) is 0. The minimum Gasteiger partial charge on any atom is -0.318 e. The van der Waals surface area contributed by atoms with Gasteiger partial charge in [0.25, 0.3) is 5.69 Å². The summed E-state index contributed by atoms with van der Waals surface area (Å²) in [5.41, 5.74) is 5.11. The van der Waals surface area contributed by atoms with Gasteiger partial charge >= 0.3 is 11.9 Å². The van der Waals surface area contributed by atoms with Gasteiger partial charge in [-0.25, -0.2) is 9.59 Å². The van der Waals surface area contributed by atoms with Crippen molar-refractivity contribution in [1.82, 2.24) is 0 Å². The lowest BCUT2D eigenvalue weighted by molar-refractivity contribution is -0.384. The third kappa shape index (κ3) is 5.82. The minimum absolute atomic E-state index is 0.0101. The van der Waals surface area contributed by atoms with Gasteiger partial charge < -0.3 is 9.68 Å². The van der Waals surface area contributed by atoms with Crippen molar-refractivity contribution in [3.05, 3.63) is 62.7 Å². The third-order valence-corrected chi connectivity index (χ3v) is 7.01. The van der Waals surface area contributed by atoms with Crippen LogP contribution in [0, 0.1) is 10.1 Å². The predicted molar refractivity (Wildman–Crippen MR) is 146 cm³/mol. The van der Waals surface area contributed by atoms with Crippen LogP contribution in [-0.4, -0.2) is 28.3 Å². The van der Waals surface area contributed by atoms with E-state index in [1.807, 2.05) is 24.3 Å². The van der Waals surface area contributed by atoms with Crippen LogP contribution in [0.4, 0.5) is 5.69 Å². The van der Waals surface area contributed by atoms with E-state index in [-0.39, 0.29) is 10.6 Å². The maximum atomic E-state index is 12.4. The van der Waals surface area contributed by atoms with E-state index in [1.165, 1.54) is 19.9 Å².